The van der Waals surface area contributed by atoms with Gasteiger partial charge in [0, 0.05) is 34.2 Å². The van der Waals surface area contributed by atoms with E-state index in [1.54, 1.807) is 17.5 Å². The lowest BCUT2D eigenvalue weighted by Gasteiger charge is -2.00. The summed E-state index contributed by atoms with van der Waals surface area (Å²) in [5.74, 6) is -0.363. The van der Waals surface area contributed by atoms with Gasteiger partial charge in [0.1, 0.15) is 9.71 Å². The minimum atomic E-state index is -0.460. The van der Waals surface area contributed by atoms with Crippen molar-refractivity contribution in [3.8, 4) is 11.3 Å². The molecular formula is C18H13N5O3S2. The number of nitrogens with zero attached hydrogens (tertiary/aromatic N) is 3. The van der Waals surface area contributed by atoms with Gasteiger partial charge < -0.3 is 5.73 Å². The number of hydrogen-bond donors (Lipinski definition) is 2. The summed E-state index contributed by atoms with van der Waals surface area (Å²) >= 11 is 2.46. The van der Waals surface area contributed by atoms with E-state index in [1.165, 1.54) is 34.8 Å². The van der Waals surface area contributed by atoms with E-state index in [0.717, 1.165) is 11.1 Å². The Balaban J connectivity index is 1.59. The van der Waals surface area contributed by atoms with Crippen LogP contribution in [-0.4, -0.2) is 20.8 Å². The second-order valence-corrected chi connectivity index (χ2v) is 7.81. The van der Waals surface area contributed by atoms with E-state index in [0.29, 0.717) is 31.8 Å². The molecule has 0 spiro atoms. The fourth-order valence-electron chi connectivity index (χ4n) is 2.65. The van der Waals surface area contributed by atoms with E-state index in [4.69, 9.17) is 5.73 Å². The molecule has 0 fully saturated rings. The summed E-state index contributed by atoms with van der Waals surface area (Å²) in [5.41, 5.74) is 8.49. The molecule has 1 amide bonds. The van der Waals surface area contributed by atoms with Crippen LogP contribution in [0.15, 0.2) is 41.8 Å². The molecular weight excluding hydrogens is 398 g/mol. The van der Waals surface area contributed by atoms with Crippen molar-refractivity contribution in [2.24, 2.45) is 0 Å². The molecule has 10 heteroatoms. The van der Waals surface area contributed by atoms with E-state index in [1.807, 2.05) is 19.1 Å². The number of amides is 1. The van der Waals surface area contributed by atoms with Gasteiger partial charge in [0.15, 0.2) is 5.13 Å². The number of nitro benzene ring substituents is 1. The summed E-state index contributed by atoms with van der Waals surface area (Å²) < 4.78 is 0. The standard InChI is InChI=1S/C18H13N5O3S2/c1-9-5-6-12-14(19)15(28-17(12)20-9)16(24)22-18-21-13(8-27-18)10-3-2-4-11(7-10)23(25)26/h2-8H,19H2,1H3,(H,21,22,24). The molecule has 0 saturated heterocycles. The molecule has 4 aromatic rings. The van der Waals surface area contributed by atoms with Crippen LogP contribution in [0.25, 0.3) is 21.5 Å². The van der Waals surface area contributed by atoms with Crippen molar-refractivity contribution < 1.29 is 9.72 Å². The SMILES string of the molecule is Cc1ccc2c(N)c(C(=O)Nc3nc(-c4cccc([N+](=O)[O-])c4)cs3)sc2n1. The summed E-state index contributed by atoms with van der Waals surface area (Å²) in [6.45, 7) is 1.88. The van der Waals surface area contributed by atoms with Crippen LogP contribution in [0.5, 0.6) is 0 Å². The Hall–Kier alpha value is -3.37. The number of non-ortho nitro benzene ring substituents is 1. The van der Waals surface area contributed by atoms with Gasteiger partial charge >= 0.3 is 0 Å². The van der Waals surface area contributed by atoms with Crippen LogP contribution in [0.4, 0.5) is 16.5 Å². The first-order chi connectivity index (χ1) is 13.4. The zero-order valence-electron chi connectivity index (χ0n) is 14.5. The van der Waals surface area contributed by atoms with Crippen molar-refractivity contribution in [3.05, 3.63) is 62.5 Å². The monoisotopic (exact) mass is 411 g/mol. The number of aromatic nitrogens is 2. The molecule has 8 nitrogen and oxygen atoms in total. The topological polar surface area (TPSA) is 124 Å². The van der Waals surface area contributed by atoms with E-state index in [-0.39, 0.29) is 11.6 Å². The van der Waals surface area contributed by atoms with Crippen molar-refractivity contribution in [1.29, 1.82) is 0 Å². The van der Waals surface area contributed by atoms with Gasteiger partial charge in [-0.1, -0.05) is 12.1 Å². The molecule has 1 aromatic carbocycles. The number of pyridine rings is 1. The van der Waals surface area contributed by atoms with Crippen molar-refractivity contribution >= 4 is 55.3 Å². The number of thiophene rings is 1. The Morgan fingerprint density at radius 3 is 2.86 bits per heavy atom. The van der Waals surface area contributed by atoms with Gasteiger partial charge in [-0.3, -0.25) is 20.2 Å². The number of nitrogens with one attached hydrogen (secondary N) is 1. The van der Waals surface area contributed by atoms with Gasteiger partial charge in [0.05, 0.1) is 16.3 Å². The number of nitro groups is 1. The maximum Gasteiger partial charge on any atom is 0.270 e. The van der Waals surface area contributed by atoms with Crippen LogP contribution in [0.3, 0.4) is 0 Å². The van der Waals surface area contributed by atoms with Gasteiger partial charge in [0.2, 0.25) is 0 Å². The predicted octanol–water partition coefficient (Wildman–Crippen LogP) is 4.47. The first-order valence-electron chi connectivity index (χ1n) is 8.09. The lowest BCUT2D eigenvalue weighted by molar-refractivity contribution is -0.384. The molecule has 0 unspecified atom stereocenters. The van der Waals surface area contributed by atoms with E-state index in [9.17, 15) is 14.9 Å². The van der Waals surface area contributed by atoms with Gasteiger partial charge in [-0.25, -0.2) is 9.97 Å². The van der Waals surface area contributed by atoms with Crippen LogP contribution in [0, 0.1) is 17.0 Å². The molecule has 0 bridgehead atoms. The largest absolute Gasteiger partial charge is 0.397 e. The number of nitrogens with two attached hydrogens (primary N) is 1. The zero-order chi connectivity index (χ0) is 19.8. The average Bonchev–Trinajstić information content (AvgIpc) is 3.26. The molecule has 0 aliphatic heterocycles. The second kappa shape index (κ2) is 6.98. The number of benzene rings is 1. The number of anilines is 2. The van der Waals surface area contributed by atoms with Crippen LogP contribution < -0.4 is 11.1 Å². The fraction of sp³-hybridized carbons (Fsp3) is 0.0556. The molecule has 0 aliphatic carbocycles. The molecule has 4 rings (SSSR count). The van der Waals surface area contributed by atoms with E-state index in [2.05, 4.69) is 15.3 Å². The third-order valence-electron chi connectivity index (χ3n) is 4.02. The molecule has 3 heterocycles. The Morgan fingerprint density at radius 2 is 2.07 bits per heavy atom. The van der Waals surface area contributed by atoms with Crippen LogP contribution >= 0.6 is 22.7 Å². The third-order valence-corrected chi connectivity index (χ3v) is 5.89. The van der Waals surface area contributed by atoms with Crippen LogP contribution in [0.1, 0.15) is 15.4 Å². The average molecular weight is 411 g/mol. The summed E-state index contributed by atoms with van der Waals surface area (Å²) in [5, 5.41) is 16.5. The first-order valence-corrected chi connectivity index (χ1v) is 9.79. The van der Waals surface area contributed by atoms with Crippen LogP contribution in [-0.2, 0) is 0 Å². The smallest absolute Gasteiger partial charge is 0.270 e. The minimum absolute atomic E-state index is 0.0167. The predicted molar refractivity (Wildman–Crippen MR) is 111 cm³/mol. The Morgan fingerprint density at radius 1 is 1.25 bits per heavy atom. The highest BCUT2D eigenvalue weighted by Crippen LogP contribution is 2.34. The normalized spacial score (nSPS) is 10.9. The van der Waals surface area contributed by atoms with E-state index >= 15 is 0 Å². The summed E-state index contributed by atoms with van der Waals surface area (Å²) in [6, 6.07) is 9.88. The first kappa shape index (κ1) is 18.0. The van der Waals surface area contributed by atoms with Gasteiger partial charge in [-0.15, -0.1) is 22.7 Å². The minimum Gasteiger partial charge on any atom is -0.397 e. The summed E-state index contributed by atoms with van der Waals surface area (Å²) in [6.07, 6.45) is 0. The number of thiazole rings is 1. The molecule has 0 atom stereocenters. The quantitative estimate of drug-likeness (QED) is 0.377. The van der Waals surface area contributed by atoms with Crippen molar-refractivity contribution in [2.45, 2.75) is 6.92 Å². The molecule has 0 aliphatic rings. The number of carbonyl (C=O) groups is 1. The molecule has 28 heavy (non-hydrogen) atoms. The summed E-state index contributed by atoms with van der Waals surface area (Å²) in [4.78, 5) is 33.0. The second-order valence-electron chi connectivity index (χ2n) is 5.95. The highest BCUT2D eigenvalue weighted by atomic mass is 32.1. The lowest BCUT2D eigenvalue weighted by atomic mass is 10.1. The maximum absolute atomic E-state index is 12.6. The van der Waals surface area contributed by atoms with Crippen molar-refractivity contribution in [2.75, 3.05) is 11.1 Å². The molecule has 3 N–H and O–H groups in total. The molecule has 0 saturated carbocycles. The highest BCUT2D eigenvalue weighted by molar-refractivity contribution is 7.21. The van der Waals surface area contributed by atoms with Crippen LogP contribution in [0.2, 0.25) is 0 Å². The van der Waals surface area contributed by atoms with Crippen molar-refractivity contribution in [1.82, 2.24) is 9.97 Å². The molecule has 3 aromatic heterocycles. The fourth-order valence-corrected chi connectivity index (χ4v) is 4.40. The Labute approximate surface area is 166 Å². The van der Waals surface area contributed by atoms with Gasteiger partial charge in [-0.2, -0.15) is 0 Å². The number of aryl methyl sites for hydroxylation is 1. The summed E-state index contributed by atoms with van der Waals surface area (Å²) in [7, 11) is 0. The molecule has 140 valence electrons. The van der Waals surface area contributed by atoms with Crippen molar-refractivity contribution in [3.63, 3.8) is 0 Å². The van der Waals surface area contributed by atoms with E-state index < -0.39 is 4.92 Å². The van der Waals surface area contributed by atoms with Gasteiger partial charge in [0.25, 0.3) is 11.6 Å². The number of rotatable bonds is 4. The Kier molecular flexibility index (Phi) is 4.49. The van der Waals surface area contributed by atoms with Gasteiger partial charge in [-0.05, 0) is 19.1 Å². The molecule has 0 radical (unpaired) electrons. The number of fused-ring (bicyclic) bond motifs is 1. The number of carbonyl (C=O) groups excluding carboxylic acids is 1. The number of hydrogen-bond acceptors (Lipinski definition) is 8. The third kappa shape index (κ3) is 3.30. The zero-order valence-corrected chi connectivity index (χ0v) is 16.1. The maximum atomic E-state index is 12.6. The number of nitrogen functional groups attached to an aromatic ring is 1. The highest BCUT2D eigenvalue weighted by Gasteiger charge is 2.19. The Bertz CT molecular complexity index is 1230. The lowest BCUT2D eigenvalue weighted by Crippen LogP contribution is -2.11.